The van der Waals surface area contributed by atoms with Crippen LogP contribution in [0.5, 0.6) is 0 Å². The van der Waals surface area contributed by atoms with E-state index in [9.17, 15) is 0 Å². The van der Waals surface area contributed by atoms with Gasteiger partial charge in [0.25, 0.3) is 0 Å². The fraction of sp³-hybridized carbons (Fsp3) is 0.231. The van der Waals surface area contributed by atoms with Crippen LogP contribution in [-0.4, -0.2) is 0 Å². The lowest BCUT2D eigenvalue weighted by atomic mass is 10.1. The minimum Gasteiger partial charge on any atom is -0.377 e. The van der Waals surface area contributed by atoms with Gasteiger partial charge in [-0.25, -0.2) is 0 Å². The summed E-state index contributed by atoms with van der Waals surface area (Å²) in [6, 6.07) is 10.7. The number of aryl methyl sites for hydroxylation is 1. The highest BCUT2D eigenvalue weighted by Gasteiger charge is 2.25. The van der Waals surface area contributed by atoms with Gasteiger partial charge in [0.15, 0.2) is 0 Å². The molecule has 0 bridgehead atoms. The summed E-state index contributed by atoms with van der Waals surface area (Å²) in [5.41, 5.74) is 2.52. The second-order valence-electron chi connectivity index (χ2n) is 4.14. The molecule has 1 nitrogen and oxygen atoms in total. The first-order chi connectivity index (χ1) is 8.24. The molecule has 1 heterocycles. The zero-order valence-corrected chi connectivity index (χ0v) is 12.2. The van der Waals surface area contributed by atoms with Gasteiger partial charge in [-0.2, -0.15) is 0 Å². The summed E-state index contributed by atoms with van der Waals surface area (Å²) in [5.74, 6) is 0. The molecule has 2 aromatic rings. The van der Waals surface area contributed by atoms with Gasteiger partial charge in [-0.1, -0.05) is 23.7 Å². The SMILES string of the molecule is Clc1cc2c(s1)CCC2Nc1ccccc1Br. The van der Waals surface area contributed by atoms with E-state index in [1.54, 1.807) is 11.3 Å². The predicted molar refractivity (Wildman–Crippen MR) is 78.2 cm³/mol. The molecule has 4 heteroatoms. The van der Waals surface area contributed by atoms with Crippen molar-refractivity contribution in [3.05, 3.63) is 49.6 Å². The van der Waals surface area contributed by atoms with Crippen LogP contribution in [0, 0.1) is 0 Å². The van der Waals surface area contributed by atoms with Crippen molar-refractivity contribution in [3.8, 4) is 0 Å². The van der Waals surface area contributed by atoms with E-state index in [1.807, 2.05) is 12.1 Å². The van der Waals surface area contributed by atoms with Crippen molar-refractivity contribution in [1.29, 1.82) is 0 Å². The second-order valence-corrected chi connectivity index (χ2v) is 6.77. The van der Waals surface area contributed by atoms with E-state index in [1.165, 1.54) is 10.4 Å². The van der Waals surface area contributed by atoms with Crippen LogP contribution in [0.4, 0.5) is 5.69 Å². The molecule has 1 aromatic carbocycles. The minimum atomic E-state index is 0.396. The number of para-hydroxylation sites is 1. The molecule has 0 amide bonds. The van der Waals surface area contributed by atoms with Gasteiger partial charge in [0.05, 0.1) is 10.4 Å². The van der Waals surface area contributed by atoms with Crippen LogP contribution < -0.4 is 5.32 Å². The Morgan fingerprint density at radius 3 is 3.00 bits per heavy atom. The van der Waals surface area contributed by atoms with Gasteiger partial charge in [0, 0.05) is 15.0 Å². The van der Waals surface area contributed by atoms with E-state index in [-0.39, 0.29) is 0 Å². The zero-order chi connectivity index (χ0) is 11.8. The Hall–Kier alpha value is -0.510. The molecule has 88 valence electrons. The third kappa shape index (κ3) is 2.24. The summed E-state index contributed by atoms with van der Waals surface area (Å²) < 4.78 is 2.00. The first kappa shape index (κ1) is 11.6. The predicted octanol–water partition coefficient (Wildman–Crippen LogP) is 5.26. The molecule has 1 aliphatic carbocycles. The van der Waals surface area contributed by atoms with E-state index in [2.05, 4.69) is 39.4 Å². The van der Waals surface area contributed by atoms with Gasteiger partial charge < -0.3 is 5.32 Å². The third-order valence-corrected chi connectivity index (χ3v) is 5.08. The summed E-state index contributed by atoms with van der Waals surface area (Å²) in [4.78, 5) is 1.43. The van der Waals surface area contributed by atoms with Crippen LogP contribution in [0.3, 0.4) is 0 Å². The number of fused-ring (bicyclic) bond motifs is 1. The summed E-state index contributed by atoms with van der Waals surface area (Å²) in [6.07, 6.45) is 2.29. The summed E-state index contributed by atoms with van der Waals surface area (Å²) in [7, 11) is 0. The largest absolute Gasteiger partial charge is 0.377 e. The van der Waals surface area contributed by atoms with Gasteiger partial charge in [-0.15, -0.1) is 11.3 Å². The van der Waals surface area contributed by atoms with Crippen molar-refractivity contribution in [2.75, 3.05) is 5.32 Å². The fourth-order valence-electron chi connectivity index (χ4n) is 2.25. The highest BCUT2D eigenvalue weighted by Crippen LogP contribution is 2.41. The smallest absolute Gasteiger partial charge is 0.0934 e. The van der Waals surface area contributed by atoms with Crippen molar-refractivity contribution in [2.24, 2.45) is 0 Å². The van der Waals surface area contributed by atoms with Gasteiger partial charge >= 0.3 is 0 Å². The van der Waals surface area contributed by atoms with E-state index in [0.717, 1.165) is 27.3 Å². The Kier molecular flexibility index (Phi) is 3.16. The molecule has 1 aromatic heterocycles. The van der Waals surface area contributed by atoms with E-state index in [4.69, 9.17) is 11.6 Å². The number of halogens is 2. The van der Waals surface area contributed by atoms with Gasteiger partial charge in [0.2, 0.25) is 0 Å². The van der Waals surface area contributed by atoms with Crippen molar-refractivity contribution in [2.45, 2.75) is 18.9 Å². The molecular formula is C13H11BrClNS. The van der Waals surface area contributed by atoms with Crippen LogP contribution >= 0.6 is 38.9 Å². The normalized spacial score (nSPS) is 18.1. The van der Waals surface area contributed by atoms with Crippen molar-refractivity contribution >= 4 is 44.6 Å². The molecule has 17 heavy (non-hydrogen) atoms. The first-order valence-corrected chi connectivity index (χ1v) is 7.52. The van der Waals surface area contributed by atoms with Crippen LogP contribution in [0.2, 0.25) is 4.34 Å². The molecular weight excluding hydrogens is 318 g/mol. The van der Waals surface area contributed by atoms with Gasteiger partial charge in [-0.05, 0) is 52.5 Å². The lowest BCUT2D eigenvalue weighted by molar-refractivity contribution is 0.762. The van der Waals surface area contributed by atoms with Gasteiger partial charge in [0.1, 0.15) is 0 Å². The van der Waals surface area contributed by atoms with E-state index in [0.29, 0.717) is 6.04 Å². The molecule has 0 saturated heterocycles. The van der Waals surface area contributed by atoms with Crippen molar-refractivity contribution in [1.82, 2.24) is 0 Å². The Morgan fingerprint density at radius 2 is 2.18 bits per heavy atom. The maximum Gasteiger partial charge on any atom is 0.0934 e. The summed E-state index contributed by atoms with van der Waals surface area (Å²) in [5, 5.41) is 3.58. The summed E-state index contributed by atoms with van der Waals surface area (Å²) >= 11 is 11.3. The topological polar surface area (TPSA) is 12.0 Å². The van der Waals surface area contributed by atoms with E-state index >= 15 is 0 Å². The lowest BCUT2D eigenvalue weighted by Gasteiger charge is -2.15. The lowest BCUT2D eigenvalue weighted by Crippen LogP contribution is -2.06. The molecule has 0 aliphatic heterocycles. The Balaban J connectivity index is 1.86. The maximum absolute atomic E-state index is 6.06. The van der Waals surface area contributed by atoms with Crippen LogP contribution in [0.15, 0.2) is 34.8 Å². The zero-order valence-electron chi connectivity index (χ0n) is 9.04. The highest BCUT2D eigenvalue weighted by atomic mass is 79.9. The average molecular weight is 329 g/mol. The Morgan fingerprint density at radius 1 is 1.35 bits per heavy atom. The van der Waals surface area contributed by atoms with E-state index < -0.39 is 0 Å². The molecule has 0 spiro atoms. The molecule has 1 aliphatic rings. The molecule has 3 rings (SSSR count). The first-order valence-electron chi connectivity index (χ1n) is 5.53. The minimum absolute atomic E-state index is 0.396. The number of rotatable bonds is 2. The fourth-order valence-corrected chi connectivity index (χ4v) is 4.00. The maximum atomic E-state index is 6.06. The van der Waals surface area contributed by atoms with Crippen LogP contribution in [0.1, 0.15) is 22.9 Å². The molecule has 0 radical (unpaired) electrons. The van der Waals surface area contributed by atoms with Crippen molar-refractivity contribution in [3.63, 3.8) is 0 Å². The van der Waals surface area contributed by atoms with Crippen molar-refractivity contribution < 1.29 is 0 Å². The standard InChI is InChI=1S/C13H11BrClNS/c14-9-3-1-2-4-11(9)16-10-5-6-12-8(10)7-13(15)17-12/h1-4,7,10,16H,5-6H2. The third-order valence-electron chi connectivity index (χ3n) is 3.05. The average Bonchev–Trinajstić information content (AvgIpc) is 2.82. The highest BCUT2D eigenvalue weighted by molar-refractivity contribution is 9.10. The number of nitrogens with one attached hydrogen (secondary N) is 1. The molecule has 1 unspecified atom stereocenters. The summed E-state index contributed by atoms with van der Waals surface area (Å²) in [6.45, 7) is 0. The molecule has 0 saturated carbocycles. The monoisotopic (exact) mass is 327 g/mol. The quantitative estimate of drug-likeness (QED) is 0.792. The number of anilines is 1. The number of hydrogen-bond acceptors (Lipinski definition) is 2. The van der Waals surface area contributed by atoms with Crippen LogP contribution in [-0.2, 0) is 6.42 Å². The number of hydrogen-bond donors (Lipinski definition) is 1. The Bertz CT molecular complexity index is 552. The second kappa shape index (κ2) is 4.63. The number of benzene rings is 1. The Labute approximate surface area is 118 Å². The molecule has 1 atom stereocenters. The molecule has 0 fully saturated rings. The van der Waals surface area contributed by atoms with Crippen LogP contribution in [0.25, 0.3) is 0 Å². The number of thiophene rings is 1. The molecule has 1 N–H and O–H groups in total. The van der Waals surface area contributed by atoms with Gasteiger partial charge in [-0.3, -0.25) is 0 Å².